The fourth-order valence-corrected chi connectivity index (χ4v) is 16.0. The average Bonchev–Trinajstić information content (AvgIpc) is 3.63. The molecule has 0 aliphatic carbocycles. The highest BCUT2D eigenvalue weighted by molar-refractivity contribution is 7.33. The maximum Gasteiger partial charge on any atom is 0.264 e. The van der Waals surface area contributed by atoms with Crippen molar-refractivity contribution < 1.29 is 0 Å². The van der Waals surface area contributed by atoms with E-state index in [1.807, 2.05) is 11.3 Å². The minimum Gasteiger partial charge on any atom is -0.310 e. The molecular weight excluding hydrogens is 964 g/mol. The number of fused-ring (bicyclic) bond motifs is 22. The summed E-state index contributed by atoms with van der Waals surface area (Å²) in [6, 6.07) is 77.3. The molecule has 0 unspecified atom stereocenters. The van der Waals surface area contributed by atoms with Gasteiger partial charge in [0.1, 0.15) is 0 Å². The second-order valence-electron chi connectivity index (χ2n) is 24.5. The van der Waals surface area contributed by atoms with Crippen molar-refractivity contribution in [3.63, 3.8) is 0 Å². The molecule has 4 nitrogen and oxygen atoms in total. The topological polar surface area (TPSA) is 17.5 Å². The van der Waals surface area contributed by atoms with Crippen molar-refractivity contribution in [2.24, 2.45) is 0 Å². The molecule has 0 bridgehead atoms. The quantitative estimate of drug-likeness (QED) is 0.158. The normalized spacial score (nSPS) is 13.7. The number of hydrogen-bond acceptors (Lipinski definition) is 2. The summed E-state index contributed by atoms with van der Waals surface area (Å²) in [5.41, 5.74) is 20.2. The van der Waals surface area contributed by atoms with Gasteiger partial charge in [-0.25, -0.2) is 0 Å². The lowest BCUT2D eigenvalue weighted by Crippen LogP contribution is -2.59. The van der Waals surface area contributed by atoms with E-state index in [1.54, 1.807) is 0 Å². The van der Waals surface area contributed by atoms with Gasteiger partial charge in [-0.15, -0.1) is 11.3 Å². The Hall–Kier alpha value is -8.84. The fourth-order valence-electron chi connectivity index (χ4n) is 14.6. The van der Waals surface area contributed by atoms with Gasteiger partial charge < -0.3 is 18.4 Å². The Balaban J connectivity index is 1.05. The zero-order chi connectivity index (χ0) is 51.8. The Bertz CT molecular complexity index is 5360. The fraction of sp³-hybridized carbons (Fsp3) is 0.111. The molecule has 7 heterocycles. The van der Waals surface area contributed by atoms with E-state index in [2.05, 4.69) is 260 Å². The summed E-state index contributed by atoms with van der Waals surface area (Å²) in [6.45, 7) is 14.0. The average molecular weight is 1020 g/mol. The van der Waals surface area contributed by atoms with Gasteiger partial charge in [-0.05, 0) is 104 Å². The number of hydrogen-bond donors (Lipinski definition) is 0. The molecule has 0 spiro atoms. The zero-order valence-electron chi connectivity index (χ0n) is 44.3. The molecule has 2 aliphatic heterocycles. The number of rotatable bonds is 2. The monoisotopic (exact) mass is 1010 g/mol. The first-order valence-corrected chi connectivity index (χ1v) is 28.4. The van der Waals surface area contributed by atoms with Gasteiger partial charge in [0.05, 0.1) is 44.5 Å². The van der Waals surface area contributed by atoms with Crippen molar-refractivity contribution in [3.8, 4) is 11.4 Å². The molecule has 0 fully saturated rings. The van der Waals surface area contributed by atoms with Crippen LogP contribution in [0.25, 0.3) is 125 Å². The largest absolute Gasteiger partial charge is 0.310 e. The van der Waals surface area contributed by atoms with Gasteiger partial charge in [0.15, 0.2) is 0 Å². The van der Waals surface area contributed by atoms with Crippen molar-refractivity contribution in [2.75, 3.05) is 4.90 Å². The number of anilines is 3. The van der Waals surface area contributed by atoms with Crippen LogP contribution in [0.3, 0.4) is 0 Å². The van der Waals surface area contributed by atoms with Crippen molar-refractivity contribution >= 4 is 164 Å². The third-order valence-electron chi connectivity index (χ3n) is 18.2. The highest BCUT2D eigenvalue weighted by atomic mass is 32.1. The molecule has 0 saturated heterocycles. The van der Waals surface area contributed by atoms with Crippen LogP contribution in [0.2, 0.25) is 0 Å². The van der Waals surface area contributed by atoms with E-state index in [9.17, 15) is 0 Å². The van der Waals surface area contributed by atoms with Crippen molar-refractivity contribution in [3.05, 3.63) is 211 Å². The summed E-state index contributed by atoms with van der Waals surface area (Å²) < 4.78 is 10.6. The first-order valence-electron chi connectivity index (χ1n) is 27.6. The van der Waals surface area contributed by atoms with Crippen LogP contribution < -0.4 is 20.6 Å². The van der Waals surface area contributed by atoms with Crippen LogP contribution in [0.1, 0.15) is 52.7 Å². The Morgan fingerprint density at radius 3 is 1.82 bits per heavy atom. The van der Waals surface area contributed by atoms with Gasteiger partial charge in [-0.2, -0.15) is 0 Å². The van der Waals surface area contributed by atoms with E-state index in [-0.39, 0.29) is 17.5 Å². The predicted molar refractivity (Wildman–Crippen MR) is 337 cm³/mol. The van der Waals surface area contributed by atoms with Gasteiger partial charge >= 0.3 is 0 Å². The van der Waals surface area contributed by atoms with Gasteiger partial charge in [0.2, 0.25) is 0 Å². The number of aromatic nitrogens is 3. The number of nitrogens with zero attached hydrogens (tertiary/aromatic N) is 4. The Morgan fingerprint density at radius 2 is 1.01 bits per heavy atom. The van der Waals surface area contributed by atoms with E-state index in [0.717, 1.165) is 5.69 Å². The maximum atomic E-state index is 2.68. The van der Waals surface area contributed by atoms with Crippen molar-refractivity contribution in [1.29, 1.82) is 0 Å². The van der Waals surface area contributed by atoms with E-state index in [4.69, 9.17) is 0 Å². The highest BCUT2D eigenvalue weighted by Gasteiger charge is 2.45. The van der Waals surface area contributed by atoms with Gasteiger partial charge in [0, 0.05) is 85.9 Å². The summed E-state index contributed by atoms with van der Waals surface area (Å²) in [6.07, 6.45) is 0. The van der Waals surface area contributed by atoms with Crippen LogP contribution in [-0.4, -0.2) is 20.2 Å². The van der Waals surface area contributed by atoms with Crippen LogP contribution in [-0.2, 0) is 10.8 Å². The van der Waals surface area contributed by atoms with Crippen LogP contribution in [0.4, 0.5) is 17.1 Å². The lowest BCUT2D eigenvalue weighted by Gasteiger charge is -2.39. The molecule has 368 valence electrons. The molecule has 0 saturated carbocycles. The summed E-state index contributed by atoms with van der Waals surface area (Å²) in [4.78, 5) is 2.66. The summed E-state index contributed by atoms with van der Waals surface area (Å²) in [7, 11) is 0. The second-order valence-corrected chi connectivity index (χ2v) is 25.5. The minimum atomic E-state index is -0.0209. The molecule has 78 heavy (non-hydrogen) atoms. The Morgan fingerprint density at radius 1 is 0.385 bits per heavy atom. The second kappa shape index (κ2) is 14.6. The molecule has 0 radical (unpaired) electrons. The molecule has 0 N–H and O–H groups in total. The van der Waals surface area contributed by atoms with Crippen LogP contribution in [0.15, 0.2) is 200 Å². The summed E-state index contributed by atoms with van der Waals surface area (Å²) in [5, 5.41) is 16.6. The van der Waals surface area contributed by atoms with Gasteiger partial charge in [-0.1, -0.05) is 187 Å². The Kier molecular flexibility index (Phi) is 8.10. The SMILES string of the molecule is CC(C)(C)c1ccc(N2c3cc(-n4c5cc6ccccc6cc5c5ccc6ccccc6c54)cc4c3B(c3sc5cc(C(C)(C)C)ccc5c32)c2cccc3c5c(ccc6c7cccc8c9ccccc9n(c87)c65)n-4c23)cc1. The third-order valence-corrected chi connectivity index (χ3v) is 19.4. The standard InChI is InChI=1S/C72H51BN4S/c1-71(2,3)43-26-29-45(30-27-43)74-60-38-46(75-59-36-42-17-8-7-16-41(42)35-55(59)52-31-25-40-15-9-10-18-47(40)65(52)75)39-61-64(60)73(70-69(74)53-32-28-44(72(4,5)6)37-62(53)78-70)56-23-14-22-54-63-58(76(61)67(54)56)34-33-51-50-21-13-20-49-48-19-11-12-24-57(48)77(66(49)50)68(51)63/h7-39H,1-6H3. The van der Waals surface area contributed by atoms with Crippen LogP contribution in [0, 0.1) is 0 Å². The molecule has 18 rings (SSSR count). The number of benzene rings is 11. The van der Waals surface area contributed by atoms with E-state index >= 15 is 0 Å². The van der Waals surface area contributed by atoms with Crippen molar-refractivity contribution in [1.82, 2.24) is 13.5 Å². The van der Waals surface area contributed by atoms with E-state index in [1.165, 1.54) is 163 Å². The summed E-state index contributed by atoms with van der Waals surface area (Å²) >= 11 is 2.00. The molecule has 16 aromatic rings. The minimum absolute atomic E-state index is 0.00207. The summed E-state index contributed by atoms with van der Waals surface area (Å²) in [5.74, 6) is 0. The first kappa shape index (κ1) is 43.3. The third kappa shape index (κ3) is 5.41. The van der Waals surface area contributed by atoms with E-state index in [0.29, 0.717) is 0 Å². The van der Waals surface area contributed by atoms with E-state index < -0.39 is 0 Å². The first-order chi connectivity index (χ1) is 38.0. The number of para-hydroxylation sites is 3. The highest BCUT2D eigenvalue weighted by Crippen LogP contribution is 2.51. The molecule has 11 aromatic carbocycles. The smallest absolute Gasteiger partial charge is 0.264 e. The predicted octanol–water partition coefficient (Wildman–Crippen LogP) is 17.8. The maximum absolute atomic E-state index is 2.68. The van der Waals surface area contributed by atoms with Gasteiger partial charge in [0.25, 0.3) is 6.71 Å². The van der Waals surface area contributed by atoms with Crippen LogP contribution in [0.5, 0.6) is 0 Å². The van der Waals surface area contributed by atoms with Crippen LogP contribution >= 0.6 is 11.3 Å². The Labute approximate surface area is 455 Å². The molecule has 0 amide bonds. The molecule has 5 aromatic heterocycles. The molecular formula is C72H51BN4S. The van der Waals surface area contributed by atoms with Crippen molar-refractivity contribution in [2.45, 2.75) is 52.4 Å². The molecule has 6 heteroatoms. The number of thiophene rings is 1. The van der Waals surface area contributed by atoms with Gasteiger partial charge in [-0.3, -0.25) is 0 Å². The lowest BCUT2D eigenvalue weighted by molar-refractivity contribution is 0.590. The zero-order valence-corrected chi connectivity index (χ0v) is 45.1. The lowest BCUT2D eigenvalue weighted by atomic mass is 9.36. The molecule has 2 aliphatic rings. The molecule has 0 atom stereocenters.